The molecule has 3 aliphatic rings. The van der Waals surface area contributed by atoms with Gasteiger partial charge in [-0.05, 0) is 48.2 Å². The van der Waals surface area contributed by atoms with E-state index >= 15 is 0 Å². The number of β-amino-alcohol motifs (C(OH)–C–C–N with tert-alkyl or cyclic N) is 2. The highest BCUT2D eigenvalue weighted by molar-refractivity contribution is 5.94. The number of benzene rings is 2. The molecule has 0 amide bonds. The maximum Gasteiger partial charge on any atom is 0.338 e. The Bertz CT molecular complexity index is 1050. The minimum atomic E-state index is -0.642. The van der Waals surface area contributed by atoms with E-state index in [1.54, 1.807) is 12.1 Å². The Balaban J connectivity index is 1.16. The number of aliphatic hydroxyl groups excluding tert-OH is 2. The summed E-state index contributed by atoms with van der Waals surface area (Å²) < 4.78 is 10.2. The van der Waals surface area contributed by atoms with E-state index < -0.39 is 12.2 Å². The Morgan fingerprint density at radius 1 is 0.735 bits per heavy atom. The molecule has 2 unspecified atom stereocenters. The van der Waals surface area contributed by atoms with Crippen LogP contribution in [0.1, 0.15) is 66.3 Å². The van der Waals surface area contributed by atoms with Crippen LogP contribution in [0.25, 0.3) is 0 Å². The molecule has 0 spiro atoms. The van der Waals surface area contributed by atoms with Crippen LogP contribution in [0.15, 0.2) is 24.3 Å². The number of nitrogens with zero attached hydrogens (tertiary/aromatic N) is 2. The van der Waals surface area contributed by atoms with Gasteiger partial charge in [-0.2, -0.15) is 0 Å². The summed E-state index contributed by atoms with van der Waals surface area (Å²) in [5.74, 6) is -0.594. The number of hydrogen-bond acceptors (Lipinski definition) is 8. The number of ether oxygens (including phenoxy) is 2. The van der Waals surface area contributed by atoms with Gasteiger partial charge in [0.05, 0.1) is 23.3 Å². The van der Waals surface area contributed by atoms with Gasteiger partial charge < -0.3 is 19.7 Å². The molecule has 2 aromatic carbocycles. The predicted molar refractivity (Wildman–Crippen MR) is 123 cm³/mol. The van der Waals surface area contributed by atoms with Crippen LogP contribution >= 0.6 is 0 Å². The summed E-state index contributed by atoms with van der Waals surface area (Å²) in [6.45, 7) is 8.61. The molecular weight excluding hydrogens is 436 g/mol. The van der Waals surface area contributed by atoms with Crippen LogP contribution in [-0.2, 0) is 22.7 Å². The Morgan fingerprint density at radius 3 is 1.50 bits per heavy atom. The van der Waals surface area contributed by atoms with Crippen molar-refractivity contribution in [2.24, 2.45) is 0 Å². The zero-order chi connectivity index (χ0) is 24.0. The van der Waals surface area contributed by atoms with Gasteiger partial charge in [-0.1, -0.05) is 12.1 Å². The minimum Gasteiger partial charge on any atom is -0.457 e. The van der Waals surface area contributed by atoms with Crippen molar-refractivity contribution in [2.45, 2.75) is 39.3 Å². The smallest absolute Gasteiger partial charge is 0.338 e. The van der Waals surface area contributed by atoms with Crippen LogP contribution in [-0.4, -0.2) is 71.2 Å². The van der Waals surface area contributed by atoms with Gasteiger partial charge in [0.25, 0.3) is 0 Å². The second kappa shape index (κ2) is 9.11. The normalized spacial score (nSPS) is 20.0. The number of carbonyl (C=O) groups excluding carboxylic acids is 2. The molecular formula is C26H30N2O6. The topological polar surface area (TPSA) is 99.5 Å². The van der Waals surface area contributed by atoms with Crippen molar-refractivity contribution >= 4 is 11.9 Å². The molecule has 0 aromatic heterocycles. The van der Waals surface area contributed by atoms with Gasteiger partial charge in [0.2, 0.25) is 0 Å². The van der Waals surface area contributed by atoms with E-state index in [0.717, 1.165) is 59.6 Å². The van der Waals surface area contributed by atoms with E-state index in [9.17, 15) is 19.8 Å². The summed E-state index contributed by atoms with van der Waals surface area (Å²) in [5, 5.41) is 21.8. The van der Waals surface area contributed by atoms with Gasteiger partial charge in [-0.15, -0.1) is 0 Å². The molecule has 5 rings (SSSR count). The van der Waals surface area contributed by atoms with Crippen molar-refractivity contribution in [3.8, 4) is 0 Å². The van der Waals surface area contributed by atoms with Gasteiger partial charge >= 0.3 is 11.9 Å². The number of aliphatic hydroxyl groups is 2. The van der Waals surface area contributed by atoms with E-state index in [4.69, 9.17) is 9.47 Å². The third-order valence-electron chi connectivity index (χ3n) is 7.46. The fourth-order valence-electron chi connectivity index (χ4n) is 5.30. The molecule has 3 aliphatic heterocycles. The first-order valence-electron chi connectivity index (χ1n) is 11.7. The predicted octanol–water partition coefficient (Wildman–Crippen LogP) is 2.03. The van der Waals surface area contributed by atoms with Crippen molar-refractivity contribution in [2.75, 3.05) is 39.3 Å². The Hall–Kier alpha value is -2.78. The van der Waals surface area contributed by atoms with Crippen LogP contribution in [0, 0.1) is 13.8 Å². The fourth-order valence-corrected chi connectivity index (χ4v) is 5.30. The van der Waals surface area contributed by atoms with Crippen molar-refractivity contribution in [1.29, 1.82) is 0 Å². The SMILES string of the molecule is Cc1c(C(O)CN2CCN(CC(O)c3ccc4c(c3C)COC4=O)CC2)ccc2c1COC2=O. The summed E-state index contributed by atoms with van der Waals surface area (Å²) in [4.78, 5) is 28.0. The molecule has 180 valence electrons. The third-order valence-corrected chi connectivity index (χ3v) is 7.46. The molecule has 2 aromatic rings. The number of cyclic esters (lactones) is 2. The second-order valence-corrected chi connectivity index (χ2v) is 9.40. The highest BCUT2D eigenvalue weighted by Gasteiger charge is 2.29. The van der Waals surface area contributed by atoms with Crippen LogP contribution in [0.3, 0.4) is 0 Å². The lowest BCUT2D eigenvalue weighted by Gasteiger charge is -2.36. The van der Waals surface area contributed by atoms with Crippen LogP contribution in [0.5, 0.6) is 0 Å². The number of fused-ring (bicyclic) bond motifs is 2. The first-order chi connectivity index (χ1) is 16.3. The number of rotatable bonds is 6. The molecule has 34 heavy (non-hydrogen) atoms. The minimum absolute atomic E-state index is 0.272. The van der Waals surface area contributed by atoms with Gasteiger partial charge in [0, 0.05) is 50.4 Å². The summed E-state index contributed by atoms with van der Waals surface area (Å²) in [6.07, 6.45) is -1.28. The van der Waals surface area contributed by atoms with Crippen LogP contribution < -0.4 is 0 Å². The molecule has 2 atom stereocenters. The standard InChI is InChI=1S/C26H30N2O6/c1-15-17(3-5-19-21(15)13-33-25(19)31)23(29)11-27-7-9-28(10-8-27)12-24(30)18-4-6-20-22(16(18)2)14-34-26(20)32/h3-6,23-24,29-30H,7-14H2,1-2H3. The second-order valence-electron chi connectivity index (χ2n) is 9.40. The van der Waals surface area contributed by atoms with E-state index in [-0.39, 0.29) is 25.2 Å². The molecule has 2 N–H and O–H groups in total. The van der Waals surface area contributed by atoms with Crippen LogP contribution in [0.4, 0.5) is 0 Å². The lowest BCUT2D eigenvalue weighted by atomic mass is 9.95. The van der Waals surface area contributed by atoms with Crippen molar-refractivity contribution in [1.82, 2.24) is 9.80 Å². The summed E-state index contributed by atoms with van der Waals surface area (Å²) >= 11 is 0. The average Bonchev–Trinajstić information content (AvgIpc) is 3.39. The lowest BCUT2D eigenvalue weighted by Crippen LogP contribution is -2.48. The van der Waals surface area contributed by atoms with E-state index in [0.29, 0.717) is 24.2 Å². The lowest BCUT2D eigenvalue weighted by molar-refractivity contribution is 0.0478. The molecule has 1 fully saturated rings. The number of esters is 2. The Labute approximate surface area is 198 Å². The summed E-state index contributed by atoms with van der Waals surface area (Å²) in [7, 11) is 0. The fraction of sp³-hybridized carbons (Fsp3) is 0.462. The van der Waals surface area contributed by atoms with Crippen molar-refractivity contribution in [3.63, 3.8) is 0 Å². The first kappa shape index (κ1) is 23.0. The summed E-state index contributed by atoms with van der Waals surface area (Å²) in [5.41, 5.74) is 6.46. The quantitative estimate of drug-likeness (QED) is 0.624. The maximum atomic E-state index is 11.8. The number of hydrogen-bond donors (Lipinski definition) is 2. The number of carbonyl (C=O) groups is 2. The molecule has 1 saturated heterocycles. The molecule has 0 bridgehead atoms. The molecule has 0 radical (unpaired) electrons. The summed E-state index contributed by atoms with van der Waals surface area (Å²) in [6, 6.07) is 7.15. The molecule has 8 nitrogen and oxygen atoms in total. The third kappa shape index (κ3) is 4.11. The van der Waals surface area contributed by atoms with E-state index in [2.05, 4.69) is 9.80 Å². The maximum absolute atomic E-state index is 11.8. The first-order valence-corrected chi connectivity index (χ1v) is 11.7. The average molecular weight is 467 g/mol. The molecule has 3 heterocycles. The van der Waals surface area contributed by atoms with Gasteiger partial charge in [0.15, 0.2) is 0 Å². The molecule has 0 saturated carbocycles. The van der Waals surface area contributed by atoms with E-state index in [1.165, 1.54) is 0 Å². The van der Waals surface area contributed by atoms with Crippen LogP contribution in [0.2, 0.25) is 0 Å². The zero-order valence-corrected chi connectivity index (χ0v) is 19.5. The van der Waals surface area contributed by atoms with Gasteiger partial charge in [-0.3, -0.25) is 9.80 Å². The largest absolute Gasteiger partial charge is 0.457 e. The Morgan fingerprint density at radius 2 is 1.12 bits per heavy atom. The monoisotopic (exact) mass is 466 g/mol. The molecule has 0 aliphatic carbocycles. The Kier molecular flexibility index (Phi) is 6.16. The highest BCUT2D eigenvalue weighted by Crippen LogP contribution is 2.31. The van der Waals surface area contributed by atoms with Gasteiger partial charge in [0.1, 0.15) is 13.2 Å². The number of piperazine rings is 1. The van der Waals surface area contributed by atoms with Crippen molar-refractivity contribution < 1.29 is 29.3 Å². The molecule has 8 heteroatoms. The zero-order valence-electron chi connectivity index (χ0n) is 19.5. The highest BCUT2D eigenvalue weighted by atomic mass is 16.5. The van der Waals surface area contributed by atoms with Crippen molar-refractivity contribution in [3.05, 3.63) is 68.8 Å². The van der Waals surface area contributed by atoms with E-state index in [1.807, 2.05) is 26.0 Å². The van der Waals surface area contributed by atoms with Gasteiger partial charge in [-0.25, -0.2) is 9.59 Å².